The summed E-state index contributed by atoms with van der Waals surface area (Å²) in [6.45, 7) is 3.37. The van der Waals surface area contributed by atoms with Crippen LogP contribution in [0.3, 0.4) is 0 Å². The predicted octanol–water partition coefficient (Wildman–Crippen LogP) is 5.82. The number of hydrogen-bond acceptors (Lipinski definition) is 3. The minimum absolute atomic E-state index is 0.0193. The summed E-state index contributed by atoms with van der Waals surface area (Å²) in [5.74, 6) is -0.151. The van der Waals surface area contributed by atoms with Crippen molar-refractivity contribution in [2.75, 3.05) is 19.6 Å². The summed E-state index contributed by atoms with van der Waals surface area (Å²) in [6, 6.07) is 19.0. The Morgan fingerprint density at radius 3 is 2.56 bits per heavy atom. The first-order chi connectivity index (χ1) is 15.6. The van der Waals surface area contributed by atoms with Crippen LogP contribution in [-0.2, 0) is 11.2 Å². The van der Waals surface area contributed by atoms with Crippen LogP contribution in [0, 0.1) is 0 Å². The number of carbonyl (C=O) groups excluding carboxylic acids is 2. The Kier molecular flexibility index (Phi) is 7.28. The molecule has 1 unspecified atom stereocenters. The van der Waals surface area contributed by atoms with Gasteiger partial charge < -0.3 is 9.80 Å². The van der Waals surface area contributed by atoms with Crippen LogP contribution >= 0.6 is 22.9 Å². The number of carbonyl (C=O) groups is 2. The molecule has 0 spiro atoms. The molecule has 1 aliphatic heterocycles. The minimum atomic E-state index is -0.132. The summed E-state index contributed by atoms with van der Waals surface area (Å²) in [4.78, 5) is 31.8. The van der Waals surface area contributed by atoms with E-state index >= 15 is 0 Å². The average Bonchev–Trinajstić information content (AvgIpc) is 3.30. The molecule has 0 bridgehead atoms. The van der Waals surface area contributed by atoms with E-state index in [0.717, 1.165) is 24.8 Å². The van der Waals surface area contributed by atoms with E-state index in [9.17, 15) is 9.59 Å². The molecule has 0 fully saturated rings. The summed E-state index contributed by atoms with van der Waals surface area (Å²) < 4.78 is 0. The SMILES string of the molecule is CCCCN(CC(=O)N1CCc2sccc2C1c1ccccc1)C(=O)c1ccc(Cl)cc1. The molecule has 1 aliphatic rings. The van der Waals surface area contributed by atoms with E-state index in [4.69, 9.17) is 11.6 Å². The Bertz CT molecular complexity index is 1060. The normalized spacial score (nSPS) is 15.3. The predicted molar refractivity (Wildman–Crippen MR) is 130 cm³/mol. The maximum Gasteiger partial charge on any atom is 0.254 e. The third-order valence-corrected chi connectivity index (χ3v) is 7.14. The van der Waals surface area contributed by atoms with Crippen molar-refractivity contribution in [2.24, 2.45) is 0 Å². The van der Waals surface area contributed by atoms with E-state index in [-0.39, 0.29) is 24.4 Å². The lowest BCUT2D eigenvalue weighted by atomic mass is 9.93. The van der Waals surface area contributed by atoms with Crippen molar-refractivity contribution >= 4 is 34.8 Å². The smallest absolute Gasteiger partial charge is 0.254 e. The molecular formula is C26H27ClN2O2S. The second kappa shape index (κ2) is 10.3. The highest BCUT2D eigenvalue weighted by Gasteiger charge is 2.33. The van der Waals surface area contributed by atoms with E-state index in [0.29, 0.717) is 23.7 Å². The van der Waals surface area contributed by atoms with Crippen LogP contribution in [0.5, 0.6) is 0 Å². The molecule has 0 saturated carbocycles. The molecule has 1 atom stereocenters. The summed E-state index contributed by atoms with van der Waals surface area (Å²) in [5, 5.41) is 2.69. The lowest BCUT2D eigenvalue weighted by Gasteiger charge is -2.37. The van der Waals surface area contributed by atoms with E-state index in [1.165, 1.54) is 10.4 Å². The van der Waals surface area contributed by atoms with Crippen LogP contribution in [0.15, 0.2) is 66.0 Å². The minimum Gasteiger partial charge on any atom is -0.330 e. The molecule has 2 amide bonds. The number of benzene rings is 2. The van der Waals surface area contributed by atoms with Gasteiger partial charge in [0.25, 0.3) is 5.91 Å². The second-order valence-corrected chi connectivity index (χ2v) is 9.47. The lowest BCUT2D eigenvalue weighted by molar-refractivity contribution is -0.134. The Morgan fingerprint density at radius 2 is 1.84 bits per heavy atom. The number of unbranched alkanes of at least 4 members (excludes halogenated alkanes) is 1. The van der Waals surface area contributed by atoms with Gasteiger partial charge in [0.2, 0.25) is 5.91 Å². The van der Waals surface area contributed by atoms with Gasteiger partial charge in [0, 0.05) is 28.6 Å². The topological polar surface area (TPSA) is 40.6 Å². The fourth-order valence-electron chi connectivity index (χ4n) is 4.21. The monoisotopic (exact) mass is 466 g/mol. The highest BCUT2D eigenvalue weighted by molar-refractivity contribution is 7.10. The van der Waals surface area contributed by atoms with Gasteiger partial charge in [0.05, 0.1) is 6.04 Å². The standard InChI is InChI=1S/C26H27ClN2O2S/c1-2-3-15-28(26(31)20-9-11-21(27)12-10-20)18-24(30)29-16-13-23-22(14-17-32-23)25(29)19-7-5-4-6-8-19/h4-12,14,17,25H,2-3,13,15-16,18H2,1H3. The first-order valence-corrected chi connectivity index (χ1v) is 12.3. The lowest BCUT2D eigenvalue weighted by Crippen LogP contribution is -2.47. The Hall–Kier alpha value is -2.63. The Morgan fingerprint density at radius 1 is 1.09 bits per heavy atom. The maximum absolute atomic E-state index is 13.6. The summed E-state index contributed by atoms with van der Waals surface area (Å²) >= 11 is 7.74. The molecule has 32 heavy (non-hydrogen) atoms. The number of thiophene rings is 1. The van der Waals surface area contributed by atoms with Crippen molar-refractivity contribution in [1.29, 1.82) is 0 Å². The van der Waals surface area contributed by atoms with Gasteiger partial charge in [-0.25, -0.2) is 0 Å². The third kappa shape index (κ3) is 4.89. The zero-order valence-corrected chi connectivity index (χ0v) is 19.7. The number of nitrogens with zero attached hydrogens (tertiary/aromatic N) is 2. The van der Waals surface area contributed by atoms with Gasteiger partial charge in [0.15, 0.2) is 0 Å². The summed E-state index contributed by atoms with van der Waals surface area (Å²) in [5.41, 5.74) is 2.85. The first-order valence-electron chi connectivity index (χ1n) is 11.0. The van der Waals surface area contributed by atoms with Crippen molar-refractivity contribution in [3.05, 3.63) is 92.6 Å². The van der Waals surface area contributed by atoms with Gasteiger partial charge in [-0.3, -0.25) is 9.59 Å². The molecule has 4 nitrogen and oxygen atoms in total. The summed E-state index contributed by atoms with van der Waals surface area (Å²) in [6.07, 6.45) is 2.65. The molecular weight excluding hydrogens is 440 g/mol. The number of hydrogen-bond donors (Lipinski definition) is 0. The molecule has 0 saturated heterocycles. The zero-order chi connectivity index (χ0) is 22.5. The van der Waals surface area contributed by atoms with Crippen LogP contribution < -0.4 is 0 Å². The Balaban J connectivity index is 1.59. The van der Waals surface area contributed by atoms with Crippen LogP contribution in [0.2, 0.25) is 5.02 Å². The molecule has 0 aliphatic carbocycles. The molecule has 0 radical (unpaired) electrons. The number of fused-ring (bicyclic) bond motifs is 1. The van der Waals surface area contributed by atoms with Crippen molar-refractivity contribution in [3.63, 3.8) is 0 Å². The van der Waals surface area contributed by atoms with Crippen molar-refractivity contribution in [2.45, 2.75) is 32.2 Å². The van der Waals surface area contributed by atoms with Crippen molar-refractivity contribution in [1.82, 2.24) is 9.80 Å². The fourth-order valence-corrected chi connectivity index (χ4v) is 5.24. The molecule has 1 aromatic heterocycles. The molecule has 166 valence electrons. The van der Waals surface area contributed by atoms with Gasteiger partial charge in [-0.15, -0.1) is 11.3 Å². The van der Waals surface area contributed by atoms with Gasteiger partial charge in [0.1, 0.15) is 6.54 Å². The van der Waals surface area contributed by atoms with Crippen molar-refractivity contribution in [3.8, 4) is 0 Å². The van der Waals surface area contributed by atoms with Gasteiger partial charge in [-0.1, -0.05) is 55.3 Å². The van der Waals surface area contributed by atoms with Crippen LogP contribution in [-0.4, -0.2) is 41.2 Å². The number of amides is 2. The zero-order valence-electron chi connectivity index (χ0n) is 18.2. The average molecular weight is 467 g/mol. The van der Waals surface area contributed by atoms with Gasteiger partial charge >= 0.3 is 0 Å². The van der Waals surface area contributed by atoms with Gasteiger partial charge in [-0.05, 0) is 59.7 Å². The maximum atomic E-state index is 13.6. The van der Waals surface area contributed by atoms with Crippen LogP contribution in [0.4, 0.5) is 0 Å². The number of halogens is 1. The molecule has 3 aromatic rings. The number of rotatable bonds is 7. The highest BCUT2D eigenvalue weighted by atomic mass is 35.5. The second-order valence-electron chi connectivity index (χ2n) is 8.04. The first kappa shape index (κ1) is 22.6. The largest absolute Gasteiger partial charge is 0.330 e. The highest BCUT2D eigenvalue weighted by Crippen LogP contribution is 2.37. The summed E-state index contributed by atoms with van der Waals surface area (Å²) in [7, 11) is 0. The molecule has 2 aromatic carbocycles. The van der Waals surface area contributed by atoms with Crippen molar-refractivity contribution < 1.29 is 9.59 Å². The van der Waals surface area contributed by atoms with Gasteiger partial charge in [-0.2, -0.15) is 0 Å². The van der Waals surface area contributed by atoms with Crippen LogP contribution in [0.25, 0.3) is 0 Å². The molecule has 2 heterocycles. The Labute approximate surface area is 198 Å². The quantitative estimate of drug-likeness (QED) is 0.440. The van der Waals surface area contributed by atoms with E-state index < -0.39 is 0 Å². The van der Waals surface area contributed by atoms with E-state index in [1.54, 1.807) is 40.5 Å². The van der Waals surface area contributed by atoms with E-state index in [1.807, 2.05) is 23.1 Å². The third-order valence-electron chi connectivity index (χ3n) is 5.89. The molecule has 4 rings (SSSR count). The molecule has 0 N–H and O–H groups in total. The van der Waals surface area contributed by atoms with E-state index in [2.05, 4.69) is 30.5 Å². The fraction of sp³-hybridized carbons (Fsp3) is 0.308. The van der Waals surface area contributed by atoms with Crippen LogP contribution in [0.1, 0.15) is 52.2 Å². The molecule has 6 heteroatoms.